The lowest BCUT2D eigenvalue weighted by Crippen LogP contribution is -2.22. The lowest BCUT2D eigenvalue weighted by Gasteiger charge is -2.00. The summed E-state index contributed by atoms with van der Waals surface area (Å²) >= 11 is 0. The highest BCUT2D eigenvalue weighted by Gasteiger charge is 2.11. The lowest BCUT2D eigenvalue weighted by atomic mass is 10.3. The molecule has 0 spiro atoms. The van der Waals surface area contributed by atoms with Crippen molar-refractivity contribution < 1.29 is 9.21 Å². The van der Waals surface area contributed by atoms with Crippen LogP contribution in [0.4, 0.5) is 0 Å². The molecule has 0 bridgehead atoms. The third kappa shape index (κ3) is 2.42. The molecule has 0 aliphatic rings. The number of nitrogens with zero attached hydrogens (tertiary/aromatic N) is 1. The van der Waals surface area contributed by atoms with Crippen molar-refractivity contribution in [1.29, 1.82) is 0 Å². The number of amides is 1. The molecule has 102 valence electrons. The van der Waals surface area contributed by atoms with Crippen molar-refractivity contribution in [3.05, 3.63) is 53.7 Å². The third-order valence-electron chi connectivity index (χ3n) is 3.09. The maximum atomic E-state index is 11.9. The summed E-state index contributed by atoms with van der Waals surface area (Å²) in [6.45, 7) is 2.32. The zero-order chi connectivity index (χ0) is 13.9. The molecule has 3 aromatic rings. The minimum absolute atomic E-state index is 0.231. The maximum Gasteiger partial charge on any atom is 0.287 e. The van der Waals surface area contributed by atoms with Crippen LogP contribution in [0.15, 0.2) is 40.8 Å². The van der Waals surface area contributed by atoms with Gasteiger partial charge in [-0.05, 0) is 24.3 Å². The lowest BCUT2D eigenvalue weighted by molar-refractivity contribution is 0.0920. The number of aromatic nitrogens is 2. The van der Waals surface area contributed by atoms with Gasteiger partial charge in [0.05, 0.1) is 17.6 Å². The Morgan fingerprint density at radius 2 is 2.15 bits per heavy atom. The molecule has 2 aromatic heterocycles. The summed E-state index contributed by atoms with van der Waals surface area (Å²) < 4.78 is 5.40. The SMILES string of the molecule is CCc1ccc(C(=O)NCc2nc3ccccc3[nH]2)o1. The number of carbonyl (C=O) groups excluding carboxylic acids is 1. The van der Waals surface area contributed by atoms with Crippen LogP contribution in [0, 0.1) is 0 Å². The number of hydrogen-bond donors (Lipinski definition) is 2. The quantitative estimate of drug-likeness (QED) is 0.765. The Balaban J connectivity index is 1.68. The van der Waals surface area contributed by atoms with E-state index in [1.54, 1.807) is 6.07 Å². The molecular weight excluding hydrogens is 254 g/mol. The number of carbonyl (C=O) groups is 1. The fourth-order valence-electron chi connectivity index (χ4n) is 2.03. The van der Waals surface area contributed by atoms with E-state index in [1.165, 1.54) is 0 Å². The third-order valence-corrected chi connectivity index (χ3v) is 3.09. The van der Waals surface area contributed by atoms with Gasteiger partial charge in [0.2, 0.25) is 0 Å². The number of rotatable bonds is 4. The van der Waals surface area contributed by atoms with E-state index in [2.05, 4.69) is 15.3 Å². The van der Waals surface area contributed by atoms with Crippen LogP contribution in [0.25, 0.3) is 11.0 Å². The standard InChI is InChI=1S/C15H15N3O2/c1-2-10-7-8-13(20-10)15(19)16-9-14-17-11-5-3-4-6-12(11)18-14/h3-8H,2,9H2,1H3,(H,16,19)(H,17,18). The van der Waals surface area contributed by atoms with E-state index in [9.17, 15) is 4.79 Å². The summed E-state index contributed by atoms with van der Waals surface area (Å²) in [5.74, 6) is 1.63. The van der Waals surface area contributed by atoms with Gasteiger partial charge in [-0.1, -0.05) is 19.1 Å². The number of aromatic amines is 1. The van der Waals surface area contributed by atoms with Gasteiger partial charge in [-0.15, -0.1) is 0 Å². The zero-order valence-corrected chi connectivity index (χ0v) is 11.1. The molecule has 0 saturated heterocycles. The Bertz CT molecular complexity index is 709. The Hall–Kier alpha value is -2.56. The summed E-state index contributed by atoms with van der Waals surface area (Å²) in [7, 11) is 0. The van der Waals surface area contributed by atoms with Crippen LogP contribution in [-0.2, 0) is 13.0 Å². The van der Waals surface area contributed by atoms with E-state index in [0.717, 1.165) is 29.0 Å². The van der Waals surface area contributed by atoms with Crippen molar-refractivity contribution in [3.63, 3.8) is 0 Å². The van der Waals surface area contributed by atoms with Crippen molar-refractivity contribution in [2.45, 2.75) is 19.9 Å². The predicted octanol–water partition coefficient (Wildman–Crippen LogP) is 2.65. The van der Waals surface area contributed by atoms with E-state index in [4.69, 9.17) is 4.42 Å². The number of benzene rings is 1. The zero-order valence-electron chi connectivity index (χ0n) is 11.1. The van der Waals surface area contributed by atoms with Crippen molar-refractivity contribution in [3.8, 4) is 0 Å². The second-order valence-electron chi connectivity index (χ2n) is 4.50. The highest BCUT2D eigenvalue weighted by atomic mass is 16.3. The molecule has 0 unspecified atom stereocenters. The first-order chi connectivity index (χ1) is 9.76. The first-order valence-electron chi connectivity index (χ1n) is 6.57. The topological polar surface area (TPSA) is 70.9 Å². The number of furan rings is 1. The predicted molar refractivity (Wildman–Crippen MR) is 75.3 cm³/mol. The fourth-order valence-corrected chi connectivity index (χ4v) is 2.03. The maximum absolute atomic E-state index is 11.9. The van der Waals surface area contributed by atoms with E-state index in [0.29, 0.717) is 12.3 Å². The molecule has 20 heavy (non-hydrogen) atoms. The van der Waals surface area contributed by atoms with Gasteiger partial charge in [0.1, 0.15) is 11.6 Å². The average Bonchev–Trinajstić information content (AvgIpc) is 3.10. The molecule has 0 saturated carbocycles. The molecule has 2 N–H and O–H groups in total. The van der Waals surface area contributed by atoms with Crippen molar-refractivity contribution in [2.75, 3.05) is 0 Å². The van der Waals surface area contributed by atoms with Gasteiger partial charge in [0.25, 0.3) is 5.91 Å². The van der Waals surface area contributed by atoms with Crippen LogP contribution in [0.2, 0.25) is 0 Å². The van der Waals surface area contributed by atoms with Crippen LogP contribution in [-0.4, -0.2) is 15.9 Å². The molecule has 0 aliphatic carbocycles. The van der Waals surface area contributed by atoms with Crippen molar-refractivity contribution >= 4 is 16.9 Å². The normalized spacial score (nSPS) is 10.8. The van der Waals surface area contributed by atoms with Crippen LogP contribution in [0.1, 0.15) is 29.1 Å². The number of nitrogens with one attached hydrogen (secondary N) is 2. The Morgan fingerprint density at radius 3 is 2.90 bits per heavy atom. The smallest absolute Gasteiger partial charge is 0.287 e. The first-order valence-corrected chi connectivity index (χ1v) is 6.57. The molecule has 5 heteroatoms. The summed E-state index contributed by atoms with van der Waals surface area (Å²) in [5, 5.41) is 2.79. The minimum atomic E-state index is -0.231. The molecule has 0 atom stereocenters. The highest BCUT2D eigenvalue weighted by Crippen LogP contribution is 2.11. The molecule has 2 heterocycles. The minimum Gasteiger partial charge on any atom is -0.456 e. The molecular formula is C15H15N3O2. The Morgan fingerprint density at radius 1 is 1.30 bits per heavy atom. The van der Waals surface area contributed by atoms with E-state index in [-0.39, 0.29) is 5.91 Å². The number of fused-ring (bicyclic) bond motifs is 1. The Kier molecular flexibility index (Phi) is 3.25. The number of H-pyrrole nitrogens is 1. The molecule has 1 aromatic carbocycles. The monoisotopic (exact) mass is 269 g/mol. The molecule has 3 rings (SSSR count). The molecule has 0 aliphatic heterocycles. The van der Waals surface area contributed by atoms with E-state index >= 15 is 0 Å². The number of para-hydroxylation sites is 2. The summed E-state index contributed by atoms with van der Waals surface area (Å²) in [4.78, 5) is 19.5. The van der Waals surface area contributed by atoms with Crippen molar-refractivity contribution in [1.82, 2.24) is 15.3 Å². The van der Waals surface area contributed by atoms with Crippen LogP contribution in [0.5, 0.6) is 0 Å². The number of imidazole rings is 1. The van der Waals surface area contributed by atoms with Gasteiger partial charge in [-0.25, -0.2) is 4.98 Å². The van der Waals surface area contributed by atoms with Gasteiger partial charge in [-0.2, -0.15) is 0 Å². The van der Waals surface area contributed by atoms with Crippen LogP contribution < -0.4 is 5.32 Å². The fraction of sp³-hybridized carbons (Fsp3) is 0.200. The first kappa shape index (κ1) is 12.5. The molecule has 5 nitrogen and oxygen atoms in total. The molecule has 0 fully saturated rings. The second kappa shape index (κ2) is 5.21. The summed E-state index contributed by atoms with van der Waals surface area (Å²) in [6.07, 6.45) is 0.775. The summed E-state index contributed by atoms with van der Waals surface area (Å²) in [5.41, 5.74) is 1.85. The molecule has 1 amide bonds. The van der Waals surface area contributed by atoms with Gasteiger partial charge >= 0.3 is 0 Å². The summed E-state index contributed by atoms with van der Waals surface area (Å²) in [6, 6.07) is 11.3. The Labute approximate surface area is 116 Å². The molecule has 0 radical (unpaired) electrons. The second-order valence-corrected chi connectivity index (χ2v) is 4.50. The highest BCUT2D eigenvalue weighted by molar-refractivity contribution is 5.91. The van der Waals surface area contributed by atoms with E-state index in [1.807, 2.05) is 37.3 Å². The van der Waals surface area contributed by atoms with Crippen molar-refractivity contribution in [2.24, 2.45) is 0 Å². The largest absolute Gasteiger partial charge is 0.456 e. The van der Waals surface area contributed by atoms with E-state index < -0.39 is 0 Å². The van der Waals surface area contributed by atoms with Gasteiger partial charge in [-0.3, -0.25) is 4.79 Å². The van der Waals surface area contributed by atoms with Crippen LogP contribution >= 0.6 is 0 Å². The van der Waals surface area contributed by atoms with Gasteiger partial charge in [0.15, 0.2) is 5.76 Å². The average molecular weight is 269 g/mol. The number of aryl methyl sites for hydroxylation is 1. The van der Waals surface area contributed by atoms with Crippen LogP contribution in [0.3, 0.4) is 0 Å². The van der Waals surface area contributed by atoms with Gasteiger partial charge in [0, 0.05) is 6.42 Å². The van der Waals surface area contributed by atoms with Gasteiger partial charge < -0.3 is 14.7 Å². The number of hydrogen-bond acceptors (Lipinski definition) is 3.